The second-order valence-corrected chi connectivity index (χ2v) is 5.61. The zero-order valence-electron chi connectivity index (χ0n) is 9.66. The Morgan fingerprint density at radius 2 is 1.89 bits per heavy atom. The van der Waals surface area contributed by atoms with Crippen LogP contribution in [0.2, 0.25) is 9.49 Å². The molecular formula is C11H10Cl2N2O2S. The molecule has 18 heavy (non-hydrogen) atoms. The Bertz CT molecular complexity index is 567. The van der Waals surface area contributed by atoms with Crippen molar-refractivity contribution >= 4 is 40.2 Å². The van der Waals surface area contributed by atoms with E-state index in [0.717, 1.165) is 22.5 Å². The number of aryl methyl sites for hydroxylation is 2. The number of nitrogens with two attached hydrogens (primary N) is 1. The lowest BCUT2D eigenvalue weighted by Crippen LogP contribution is -2.03. The Morgan fingerprint density at radius 3 is 2.50 bits per heavy atom. The molecule has 0 radical (unpaired) electrons. The van der Waals surface area contributed by atoms with E-state index in [4.69, 9.17) is 38.7 Å². The predicted molar refractivity (Wildman–Crippen MR) is 73.7 cm³/mol. The highest BCUT2D eigenvalue weighted by Crippen LogP contribution is 2.33. The number of aromatic nitrogens is 1. The summed E-state index contributed by atoms with van der Waals surface area (Å²) in [5, 5.41) is 0.448. The largest absolute Gasteiger partial charge is 0.399 e. The molecule has 1 aromatic heterocycles. The fourth-order valence-electron chi connectivity index (χ4n) is 1.28. The van der Waals surface area contributed by atoms with E-state index < -0.39 is 0 Å². The van der Waals surface area contributed by atoms with Gasteiger partial charge in [0.25, 0.3) is 0 Å². The van der Waals surface area contributed by atoms with Crippen molar-refractivity contribution in [3.8, 4) is 10.9 Å². The Morgan fingerprint density at radius 1 is 1.17 bits per heavy atom. The molecule has 2 rings (SSSR count). The van der Waals surface area contributed by atoms with Crippen molar-refractivity contribution in [1.29, 1.82) is 0 Å². The number of nitrogens with zero attached hydrogens (tertiary/aromatic N) is 1. The fourth-order valence-corrected chi connectivity index (χ4v) is 2.25. The average molecular weight is 305 g/mol. The van der Waals surface area contributed by atoms with Crippen molar-refractivity contribution in [3.05, 3.63) is 32.7 Å². The third kappa shape index (κ3) is 2.80. The molecule has 1 heterocycles. The molecule has 0 spiro atoms. The number of halogens is 2. The second-order valence-electron chi connectivity index (χ2n) is 3.69. The third-order valence-electron chi connectivity index (χ3n) is 2.29. The summed E-state index contributed by atoms with van der Waals surface area (Å²) in [6.45, 7) is 3.76. The molecule has 0 aliphatic carbocycles. The zero-order valence-corrected chi connectivity index (χ0v) is 12.0. The Hall–Kier alpha value is -1.17. The van der Waals surface area contributed by atoms with Crippen molar-refractivity contribution in [3.63, 3.8) is 0 Å². The van der Waals surface area contributed by atoms with Crippen molar-refractivity contribution in [2.45, 2.75) is 13.8 Å². The lowest BCUT2D eigenvalue weighted by atomic mass is 10.1. The monoisotopic (exact) mass is 304 g/mol. The molecule has 0 saturated heterocycles. The van der Waals surface area contributed by atoms with Gasteiger partial charge in [0.05, 0.1) is 0 Å². The van der Waals surface area contributed by atoms with Gasteiger partial charge in [0.15, 0.2) is 10.9 Å². The van der Waals surface area contributed by atoms with Crippen LogP contribution in [0.15, 0.2) is 12.1 Å². The van der Waals surface area contributed by atoms with E-state index in [2.05, 4.69) is 4.98 Å². The lowest BCUT2D eigenvalue weighted by Gasteiger charge is -2.08. The molecule has 7 heteroatoms. The Labute approximate surface area is 118 Å². The van der Waals surface area contributed by atoms with Crippen LogP contribution in [0.1, 0.15) is 11.1 Å². The Kier molecular flexibility index (Phi) is 3.85. The summed E-state index contributed by atoms with van der Waals surface area (Å²) in [6.07, 6.45) is 0. The third-order valence-corrected chi connectivity index (χ3v) is 3.89. The summed E-state index contributed by atoms with van der Waals surface area (Å²) in [6, 6.07) is 3.61. The first-order chi connectivity index (χ1) is 8.47. The van der Waals surface area contributed by atoms with E-state index in [0.29, 0.717) is 15.8 Å². The van der Waals surface area contributed by atoms with Gasteiger partial charge in [-0.05, 0) is 37.1 Å². The number of anilines is 1. The van der Waals surface area contributed by atoms with Gasteiger partial charge in [-0.2, -0.15) is 4.98 Å². The van der Waals surface area contributed by atoms with E-state index in [1.165, 1.54) is 0 Å². The molecule has 1 aromatic carbocycles. The molecule has 4 nitrogen and oxygen atoms in total. The van der Waals surface area contributed by atoms with Crippen LogP contribution in [0.25, 0.3) is 0 Å². The van der Waals surface area contributed by atoms with Crippen molar-refractivity contribution < 1.29 is 9.78 Å². The summed E-state index contributed by atoms with van der Waals surface area (Å²) < 4.78 is 0.362. The highest BCUT2D eigenvalue weighted by molar-refractivity contribution is 7.18. The minimum atomic E-state index is 0.200. The summed E-state index contributed by atoms with van der Waals surface area (Å²) >= 11 is 12.6. The summed E-state index contributed by atoms with van der Waals surface area (Å²) in [5.41, 5.74) is 8.27. The molecule has 2 aromatic rings. The number of nitrogen functional groups attached to an aromatic ring is 1. The molecule has 2 N–H and O–H groups in total. The van der Waals surface area contributed by atoms with Crippen LogP contribution in [0.4, 0.5) is 5.69 Å². The fraction of sp³-hybridized carbons (Fsp3) is 0.182. The smallest absolute Gasteiger partial charge is 0.329 e. The maximum Gasteiger partial charge on any atom is 0.329 e. The molecule has 0 fully saturated rings. The summed E-state index contributed by atoms with van der Waals surface area (Å²) in [5.74, 6) is 0.573. The summed E-state index contributed by atoms with van der Waals surface area (Å²) in [7, 11) is 0. The number of thiazole rings is 1. The SMILES string of the molecule is Cc1cc(OOc2nc(Cl)c(Cl)s2)c(C)cc1N. The van der Waals surface area contributed by atoms with Gasteiger partial charge < -0.3 is 5.73 Å². The van der Waals surface area contributed by atoms with E-state index in [1.807, 2.05) is 19.9 Å². The van der Waals surface area contributed by atoms with Crippen LogP contribution in [0.5, 0.6) is 10.9 Å². The van der Waals surface area contributed by atoms with Gasteiger partial charge in [0.1, 0.15) is 4.34 Å². The first-order valence-electron chi connectivity index (χ1n) is 5.00. The van der Waals surface area contributed by atoms with Crippen LogP contribution >= 0.6 is 34.5 Å². The zero-order chi connectivity index (χ0) is 13.3. The first-order valence-corrected chi connectivity index (χ1v) is 6.57. The van der Waals surface area contributed by atoms with Crippen molar-refractivity contribution in [2.75, 3.05) is 5.73 Å². The van der Waals surface area contributed by atoms with E-state index in [1.54, 1.807) is 6.07 Å². The van der Waals surface area contributed by atoms with Crippen LogP contribution in [-0.4, -0.2) is 4.98 Å². The van der Waals surface area contributed by atoms with E-state index >= 15 is 0 Å². The number of rotatable bonds is 3. The van der Waals surface area contributed by atoms with Crippen molar-refractivity contribution in [2.24, 2.45) is 0 Å². The quantitative estimate of drug-likeness (QED) is 0.528. The van der Waals surface area contributed by atoms with Gasteiger partial charge in [-0.25, -0.2) is 0 Å². The van der Waals surface area contributed by atoms with Gasteiger partial charge in [0, 0.05) is 5.69 Å². The normalized spacial score (nSPS) is 10.4. The topological polar surface area (TPSA) is 57.4 Å². The Balaban J connectivity index is 2.13. The molecule has 0 bridgehead atoms. The maximum atomic E-state index is 5.78. The number of hydrogen-bond donors (Lipinski definition) is 1. The minimum absolute atomic E-state index is 0.200. The molecule has 0 atom stereocenters. The van der Waals surface area contributed by atoms with E-state index in [-0.39, 0.29) is 10.3 Å². The highest BCUT2D eigenvalue weighted by Gasteiger charge is 2.11. The van der Waals surface area contributed by atoms with Crippen LogP contribution in [0, 0.1) is 13.8 Å². The highest BCUT2D eigenvalue weighted by atomic mass is 35.5. The molecule has 0 saturated carbocycles. The van der Waals surface area contributed by atoms with Gasteiger partial charge in [0.2, 0.25) is 0 Å². The maximum absolute atomic E-state index is 5.78. The molecule has 0 aliphatic heterocycles. The van der Waals surface area contributed by atoms with Gasteiger partial charge >= 0.3 is 5.19 Å². The average Bonchev–Trinajstić information content (AvgIpc) is 2.62. The standard InChI is InChI=1S/C11H10Cl2N2O2S/c1-5-4-8(6(2)3-7(5)14)16-17-11-15-9(12)10(13)18-11/h3-4H,14H2,1-2H3. The summed E-state index contributed by atoms with van der Waals surface area (Å²) in [4.78, 5) is 14.1. The molecule has 0 unspecified atom stereocenters. The van der Waals surface area contributed by atoms with Crippen molar-refractivity contribution in [1.82, 2.24) is 4.98 Å². The number of benzene rings is 1. The lowest BCUT2D eigenvalue weighted by molar-refractivity contribution is -0.101. The van der Waals surface area contributed by atoms with Gasteiger partial charge in [-0.1, -0.05) is 34.5 Å². The molecular weight excluding hydrogens is 295 g/mol. The second kappa shape index (κ2) is 5.22. The van der Waals surface area contributed by atoms with Gasteiger partial charge in [-0.15, -0.1) is 0 Å². The predicted octanol–water partition coefficient (Wildman–Crippen LogP) is 4.02. The van der Waals surface area contributed by atoms with E-state index in [9.17, 15) is 0 Å². The number of hydrogen-bond acceptors (Lipinski definition) is 5. The van der Waals surface area contributed by atoms with Gasteiger partial charge in [-0.3, -0.25) is 9.78 Å². The molecule has 0 amide bonds. The first kappa shape index (κ1) is 13.3. The molecule has 0 aliphatic rings. The molecule has 96 valence electrons. The minimum Gasteiger partial charge on any atom is -0.399 e. The van der Waals surface area contributed by atoms with Crippen LogP contribution < -0.4 is 15.5 Å². The van der Waals surface area contributed by atoms with Crippen LogP contribution in [-0.2, 0) is 0 Å². The van der Waals surface area contributed by atoms with Crippen LogP contribution in [0.3, 0.4) is 0 Å².